The van der Waals surface area contributed by atoms with Crippen LogP contribution in [0.5, 0.6) is 0 Å². The van der Waals surface area contributed by atoms with Gasteiger partial charge in [-0.05, 0) is 32.2 Å². The minimum atomic E-state index is -0.512. The summed E-state index contributed by atoms with van der Waals surface area (Å²) in [7, 11) is 2.01. The Morgan fingerprint density at radius 3 is 2.79 bits per heavy atom. The van der Waals surface area contributed by atoms with E-state index in [1.807, 2.05) is 44.3 Å². The highest BCUT2D eigenvalue weighted by Gasteiger charge is 2.25. The van der Waals surface area contributed by atoms with Crippen LogP contribution in [0.15, 0.2) is 42.5 Å². The highest BCUT2D eigenvalue weighted by molar-refractivity contribution is 6.06. The number of para-hydroxylation sites is 1. The lowest BCUT2D eigenvalue weighted by Gasteiger charge is -2.26. The van der Waals surface area contributed by atoms with Crippen molar-refractivity contribution >= 4 is 28.6 Å². The second-order valence-electron chi connectivity index (χ2n) is 7.21. The first kappa shape index (κ1) is 19.0. The number of nitrogens with zero attached hydrogens (tertiary/aromatic N) is 3. The number of hydrogen-bond donors (Lipinski definition) is 1. The fourth-order valence-electron chi connectivity index (χ4n) is 3.55. The largest absolute Gasteiger partial charge is 0.452 e. The summed E-state index contributed by atoms with van der Waals surface area (Å²) >= 11 is 0. The number of fused-ring (bicyclic) bond motifs is 2. The van der Waals surface area contributed by atoms with E-state index in [1.165, 1.54) is 0 Å². The molecule has 7 heteroatoms. The molecule has 4 rings (SSSR count). The van der Waals surface area contributed by atoms with Gasteiger partial charge < -0.3 is 15.0 Å². The number of carbonyl (C=O) groups is 2. The number of esters is 1. The van der Waals surface area contributed by atoms with Crippen molar-refractivity contribution in [3.05, 3.63) is 65.0 Å². The van der Waals surface area contributed by atoms with Crippen LogP contribution in [-0.4, -0.2) is 46.9 Å². The number of amides is 1. The molecule has 0 atom stereocenters. The molecule has 3 heterocycles. The number of hydrogen-bond acceptors (Lipinski definition) is 6. The molecule has 3 aromatic rings. The minimum absolute atomic E-state index is 0.379. The number of benzene rings is 1. The molecule has 1 amide bonds. The Morgan fingerprint density at radius 2 is 1.97 bits per heavy atom. The van der Waals surface area contributed by atoms with Gasteiger partial charge in [-0.3, -0.25) is 9.78 Å². The third kappa shape index (κ3) is 4.09. The number of aromatic nitrogens is 2. The van der Waals surface area contributed by atoms with Crippen molar-refractivity contribution in [2.24, 2.45) is 0 Å². The summed E-state index contributed by atoms with van der Waals surface area (Å²) in [5.41, 5.74) is 3.85. The molecule has 0 radical (unpaired) electrons. The average molecular weight is 390 g/mol. The van der Waals surface area contributed by atoms with E-state index in [9.17, 15) is 9.59 Å². The lowest BCUT2D eigenvalue weighted by molar-refractivity contribution is -0.119. The molecule has 7 nitrogen and oxygen atoms in total. The summed E-state index contributed by atoms with van der Waals surface area (Å²) in [6, 6.07) is 12.9. The van der Waals surface area contributed by atoms with Gasteiger partial charge in [0, 0.05) is 41.8 Å². The van der Waals surface area contributed by atoms with Crippen LogP contribution in [0.2, 0.25) is 0 Å². The van der Waals surface area contributed by atoms with E-state index in [1.54, 1.807) is 12.1 Å². The summed E-state index contributed by atoms with van der Waals surface area (Å²) in [4.78, 5) is 36.3. The molecule has 0 saturated heterocycles. The standard InChI is InChI=1S/C22H22N4O3/c1-14-6-5-9-19(23-14)25-20(27)13-29-22(28)21-15-7-3-4-8-17(15)24-18-10-11-26(2)12-16(18)21/h3-9H,10-13H2,1-2H3,(H,23,25,27). The Morgan fingerprint density at radius 1 is 1.14 bits per heavy atom. The molecule has 0 unspecified atom stereocenters. The van der Waals surface area contributed by atoms with Crippen LogP contribution in [0.4, 0.5) is 5.82 Å². The lowest BCUT2D eigenvalue weighted by atomic mass is 9.96. The monoisotopic (exact) mass is 390 g/mol. The first-order valence-corrected chi connectivity index (χ1v) is 9.51. The van der Waals surface area contributed by atoms with Crippen molar-refractivity contribution in [3.63, 3.8) is 0 Å². The number of ether oxygens (including phenoxy) is 1. The van der Waals surface area contributed by atoms with Crippen molar-refractivity contribution in [2.45, 2.75) is 19.9 Å². The quantitative estimate of drug-likeness (QED) is 0.690. The maximum atomic E-state index is 13.0. The first-order valence-electron chi connectivity index (χ1n) is 9.51. The summed E-state index contributed by atoms with van der Waals surface area (Å²) in [5, 5.41) is 3.39. The van der Waals surface area contributed by atoms with Crippen LogP contribution in [0.3, 0.4) is 0 Å². The Bertz CT molecular complexity index is 1100. The Kier molecular flexibility index (Phi) is 5.22. The Labute approximate surface area is 168 Å². The van der Waals surface area contributed by atoms with Crippen molar-refractivity contribution in [2.75, 3.05) is 25.5 Å². The molecular formula is C22H22N4O3. The van der Waals surface area contributed by atoms with Gasteiger partial charge in [-0.1, -0.05) is 24.3 Å². The fraction of sp³-hybridized carbons (Fsp3) is 0.273. The van der Waals surface area contributed by atoms with Crippen LogP contribution < -0.4 is 5.32 Å². The van der Waals surface area contributed by atoms with Crippen LogP contribution in [0.1, 0.15) is 27.3 Å². The summed E-state index contributed by atoms with van der Waals surface area (Å²) in [6.45, 7) is 2.97. The summed E-state index contributed by atoms with van der Waals surface area (Å²) in [6.07, 6.45) is 0.774. The van der Waals surface area contributed by atoms with Crippen LogP contribution >= 0.6 is 0 Å². The van der Waals surface area contributed by atoms with Gasteiger partial charge in [0.25, 0.3) is 5.91 Å². The van der Waals surface area contributed by atoms with E-state index in [0.717, 1.165) is 40.8 Å². The second kappa shape index (κ2) is 7.97. The van der Waals surface area contributed by atoms with E-state index < -0.39 is 11.9 Å². The number of nitrogens with one attached hydrogen (secondary N) is 1. The van der Waals surface area contributed by atoms with Crippen molar-refractivity contribution in [3.8, 4) is 0 Å². The number of carbonyl (C=O) groups excluding carboxylic acids is 2. The highest BCUT2D eigenvalue weighted by atomic mass is 16.5. The highest BCUT2D eigenvalue weighted by Crippen LogP contribution is 2.28. The normalized spacial score (nSPS) is 13.7. The maximum absolute atomic E-state index is 13.0. The van der Waals surface area contributed by atoms with Gasteiger partial charge in [-0.15, -0.1) is 0 Å². The molecule has 29 heavy (non-hydrogen) atoms. The molecular weight excluding hydrogens is 368 g/mol. The molecule has 0 saturated carbocycles. The van der Waals surface area contributed by atoms with Gasteiger partial charge in [-0.2, -0.15) is 0 Å². The van der Waals surface area contributed by atoms with E-state index in [2.05, 4.69) is 15.2 Å². The zero-order valence-electron chi connectivity index (χ0n) is 16.4. The first-order chi connectivity index (χ1) is 14.0. The zero-order chi connectivity index (χ0) is 20.4. The topological polar surface area (TPSA) is 84.4 Å². The van der Waals surface area contributed by atoms with Crippen molar-refractivity contribution in [1.82, 2.24) is 14.9 Å². The van der Waals surface area contributed by atoms with Crippen LogP contribution in [0, 0.1) is 6.92 Å². The lowest BCUT2D eigenvalue weighted by Crippen LogP contribution is -2.30. The van der Waals surface area contributed by atoms with Gasteiger partial charge >= 0.3 is 5.97 Å². The SMILES string of the molecule is Cc1cccc(NC(=O)COC(=O)c2c3c(nc4ccccc24)CCN(C)C3)n1. The van der Waals surface area contributed by atoms with Gasteiger partial charge in [0.05, 0.1) is 11.1 Å². The second-order valence-corrected chi connectivity index (χ2v) is 7.21. The summed E-state index contributed by atoms with van der Waals surface area (Å²) < 4.78 is 5.38. The third-order valence-electron chi connectivity index (χ3n) is 4.93. The average Bonchev–Trinajstić information content (AvgIpc) is 2.70. The van der Waals surface area contributed by atoms with Gasteiger partial charge in [0.2, 0.25) is 0 Å². The smallest absolute Gasteiger partial charge is 0.339 e. The zero-order valence-corrected chi connectivity index (χ0v) is 16.4. The van der Waals surface area contributed by atoms with Crippen LogP contribution in [0.25, 0.3) is 10.9 Å². The number of anilines is 1. The number of rotatable bonds is 4. The molecule has 0 spiro atoms. The predicted molar refractivity (Wildman–Crippen MR) is 110 cm³/mol. The van der Waals surface area contributed by atoms with Gasteiger partial charge in [0.15, 0.2) is 6.61 Å². The predicted octanol–water partition coefficient (Wildman–Crippen LogP) is 2.72. The molecule has 1 aliphatic rings. The number of aryl methyl sites for hydroxylation is 1. The van der Waals surface area contributed by atoms with Crippen molar-refractivity contribution < 1.29 is 14.3 Å². The van der Waals surface area contributed by atoms with E-state index in [-0.39, 0.29) is 6.61 Å². The molecule has 0 fully saturated rings. The minimum Gasteiger partial charge on any atom is -0.452 e. The molecule has 1 N–H and O–H groups in total. The molecule has 1 aromatic carbocycles. The number of pyridine rings is 2. The maximum Gasteiger partial charge on any atom is 0.339 e. The molecule has 148 valence electrons. The van der Waals surface area contributed by atoms with Crippen molar-refractivity contribution in [1.29, 1.82) is 0 Å². The van der Waals surface area contributed by atoms with E-state index >= 15 is 0 Å². The Hall–Kier alpha value is -3.32. The molecule has 2 aromatic heterocycles. The number of likely N-dealkylation sites (N-methyl/N-ethyl adjacent to an activating group) is 1. The Balaban J connectivity index is 1.56. The van der Waals surface area contributed by atoms with E-state index in [0.29, 0.717) is 17.9 Å². The van der Waals surface area contributed by atoms with Gasteiger partial charge in [0.1, 0.15) is 5.82 Å². The summed E-state index contributed by atoms with van der Waals surface area (Å²) in [5.74, 6) is -0.511. The van der Waals surface area contributed by atoms with Crippen LogP contribution in [-0.2, 0) is 22.5 Å². The molecule has 1 aliphatic heterocycles. The molecule has 0 aliphatic carbocycles. The fourth-order valence-corrected chi connectivity index (χ4v) is 3.55. The third-order valence-corrected chi connectivity index (χ3v) is 4.93. The van der Waals surface area contributed by atoms with Gasteiger partial charge in [-0.25, -0.2) is 9.78 Å². The molecule has 0 bridgehead atoms. The van der Waals surface area contributed by atoms with E-state index in [4.69, 9.17) is 9.72 Å².